The zero-order valence-corrected chi connectivity index (χ0v) is 18.2. The highest BCUT2D eigenvalue weighted by molar-refractivity contribution is 7.11. The third-order valence-corrected chi connectivity index (χ3v) is 7.48. The number of piperidine rings is 2. The molecule has 2 N–H and O–H groups in total. The lowest BCUT2D eigenvalue weighted by atomic mass is 9.84. The molecule has 0 saturated carbocycles. The molecule has 0 unspecified atom stereocenters. The summed E-state index contributed by atoms with van der Waals surface area (Å²) in [4.78, 5) is 12.5. The Morgan fingerprint density at radius 3 is 2.41 bits per heavy atom. The molecule has 0 amide bonds. The highest BCUT2D eigenvalue weighted by atomic mass is 32.1. The summed E-state index contributed by atoms with van der Waals surface area (Å²) in [6.07, 6.45) is 7.70. The van der Waals surface area contributed by atoms with Crippen molar-refractivity contribution in [3.8, 4) is 0 Å². The monoisotopic (exact) mass is 391 g/mol. The first-order chi connectivity index (χ1) is 13.1. The number of nitrogens with zero attached hydrogens (tertiary/aromatic N) is 3. The van der Waals surface area contributed by atoms with E-state index in [1.165, 1.54) is 68.0 Å². The van der Waals surface area contributed by atoms with Gasteiger partial charge in [0.15, 0.2) is 5.96 Å². The van der Waals surface area contributed by atoms with Crippen molar-refractivity contribution in [2.75, 3.05) is 46.8 Å². The Balaban J connectivity index is 1.57. The minimum atomic E-state index is 0.281. The summed E-state index contributed by atoms with van der Waals surface area (Å²) in [5, 5.41) is 7.18. The van der Waals surface area contributed by atoms with Crippen molar-refractivity contribution in [1.82, 2.24) is 20.4 Å². The van der Waals surface area contributed by atoms with Gasteiger partial charge in [0.2, 0.25) is 0 Å². The van der Waals surface area contributed by atoms with E-state index in [9.17, 15) is 0 Å². The zero-order valence-electron chi connectivity index (χ0n) is 17.4. The van der Waals surface area contributed by atoms with Gasteiger partial charge in [0, 0.05) is 28.9 Å². The van der Waals surface area contributed by atoms with Gasteiger partial charge in [-0.15, -0.1) is 11.3 Å². The van der Waals surface area contributed by atoms with Crippen LogP contribution < -0.4 is 10.6 Å². The van der Waals surface area contributed by atoms with Gasteiger partial charge in [0.25, 0.3) is 0 Å². The number of hydrogen-bond donors (Lipinski definition) is 2. The Kier molecular flexibility index (Phi) is 7.56. The van der Waals surface area contributed by atoms with Gasteiger partial charge in [-0.1, -0.05) is 13.3 Å². The molecule has 2 saturated heterocycles. The minimum Gasteiger partial charge on any atom is -0.355 e. The molecule has 1 aromatic rings. The van der Waals surface area contributed by atoms with Crippen molar-refractivity contribution in [2.45, 2.75) is 57.5 Å². The lowest BCUT2D eigenvalue weighted by Crippen LogP contribution is -2.62. The maximum Gasteiger partial charge on any atom is 0.191 e. The zero-order chi connectivity index (χ0) is 19.1. The fourth-order valence-corrected chi connectivity index (χ4v) is 5.25. The van der Waals surface area contributed by atoms with Gasteiger partial charge in [-0.2, -0.15) is 0 Å². The average molecular weight is 392 g/mol. The summed E-state index contributed by atoms with van der Waals surface area (Å²) in [5.74, 6) is 0.928. The van der Waals surface area contributed by atoms with Crippen molar-refractivity contribution < 1.29 is 0 Å². The van der Waals surface area contributed by atoms with Crippen molar-refractivity contribution in [1.29, 1.82) is 0 Å². The predicted molar refractivity (Wildman–Crippen MR) is 117 cm³/mol. The van der Waals surface area contributed by atoms with Crippen LogP contribution in [-0.2, 0) is 13.0 Å². The standard InChI is InChI=1S/C21H37N5S/c1-4-18-8-9-19(27-18)16-23-20(22-2)24-17-21(10-14-25(3)15-11-21)26-12-6-5-7-13-26/h8-9H,4-7,10-17H2,1-3H3,(H2,22,23,24). The number of nitrogens with one attached hydrogen (secondary N) is 2. The Hall–Kier alpha value is -1.11. The SMILES string of the molecule is CCc1ccc(CNC(=NC)NCC2(N3CCCCC3)CCN(C)CC2)s1. The van der Waals surface area contributed by atoms with Gasteiger partial charge in [-0.25, -0.2) is 0 Å². The molecule has 6 heteroatoms. The van der Waals surface area contributed by atoms with Crippen LogP contribution in [0.3, 0.4) is 0 Å². The summed E-state index contributed by atoms with van der Waals surface area (Å²) in [5.41, 5.74) is 0.281. The van der Waals surface area contributed by atoms with E-state index in [0.717, 1.165) is 25.5 Å². The summed E-state index contributed by atoms with van der Waals surface area (Å²) in [6, 6.07) is 4.47. The number of guanidine groups is 1. The van der Waals surface area contributed by atoms with E-state index < -0.39 is 0 Å². The van der Waals surface area contributed by atoms with E-state index >= 15 is 0 Å². The van der Waals surface area contributed by atoms with Crippen LogP contribution in [0.5, 0.6) is 0 Å². The van der Waals surface area contributed by atoms with E-state index in [2.05, 4.69) is 51.5 Å². The van der Waals surface area contributed by atoms with Crippen LogP contribution in [0, 0.1) is 0 Å². The van der Waals surface area contributed by atoms with Crippen molar-refractivity contribution >= 4 is 17.3 Å². The van der Waals surface area contributed by atoms with Gasteiger partial charge < -0.3 is 15.5 Å². The first kappa shape index (κ1) is 20.6. The molecule has 0 bridgehead atoms. The van der Waals surface area contributed by atoms with Crippen LogP contribution in [0.1, 0.15) is 48.8 Å². The molecular formula is C21H37N5S. The van der Waals surface area contributed by atoms with Crippen LogP contribution in [0.25, 0.3) is 0 Å². The van der Waals surface area contributed by atoms with E-state index in [0.29, 0.717) is 0 Å². The first-order valence-corrected chi connectivity index (χ1v) is 11.4. The number of aliphatic imine (C=N–C) groups is 1. The second kappa shape index (κ2) is 9.89. The molecule has 3 heterocycles. The van der Waals surface area contributed by atoms with Gasteiger partial charge in [-0.3, -0.25) is 9.89 Å². The van der Waals surface area contributed by atoms with E-state index in [1.54, 1.807) is 0 Å². The van der Waals surface area contributed by atoms with Gasteiger partial charge in [-0.05, 0) is 77.5 Å². The number of likely N-dealkylation sites (tertiary alicyclic amines) is 2. The number of aryl methyl sites for hydroxylation is 1. The summed E-state index contributed by atoms with van der Waals surface area (Å²) >= 11 is 1.89. The molecule has 5 nitrogen and oxygen atoms in total. The van der Waals surface area contributed by atoms with Crippen LogP contribution >= 0.6 is 11.3 Å². The molecule has 2 aliphatic heterocycles. The van der Waals surface area contributed by atoms with Crippen LogP contribution in [-0.4, -0.2) is 68.1 Å². The minimum absolute atomic E-state index is 0.281. The maximum atomic E-state index is 4.48. The molecule has 27 heavy (non-hydrogen) atoms. The molecule has 3 rings (SSSR count). The lowest BCUT2D eigenvalue weighted by Gasteiger charge is -2.50. The largest absolute Gasteiger partial charge is 0.355 e. The summed E-state index contributed by atoms with van der Waals surface area (Å²) in [6.45, 7) is 8.96. The Labute approximate surface area is 169 Å². The Morgan fingerprint density at radius 2 is 1.78 bits per heavy atom. The predicted octanol–water partition coefficient (Wildman–Crippen LogP) is 2.93. The van der Waals surface area contributed by atoms with Gasteiger partial charge in [0.1, 0.15) is 0 Å². The highest BCUT2D eigenvalue weighted by Crippen LogP contribution is 2.30. The number of hydrogen-bond acceptors (Lipinski definition) is 4. The molecule has 2 fully saturated rings. The third-order valence-electron chi connectivity index (χ3n) is 6.25. The molecule has 0 radical (unpaired) electrons. The molecule has 0 atom stereocenters. The number of thiophene rings is 1. The lowest BCUT2D eigenvalue weighted by molar-refractivity contribution is 0.0173. The second-order valence-electron chi connectivity index (χ2n) is 8.08. The first-order valence-electron chi connectivity index (χ1n) is 10.6. The molecule has 2 aliphatic rings. The van der Waals surface area contributed by atoms with Crippen molar-refractivity contribution in [3.63, 3.8) is 0 Å². The van der Waals surface area contributed by atoms with Crippen molar-refractivity contribution in [3.05, 3.63) is 21.9 Å². The van der Waals surface area contributed by atoms with Gasteiger partial charge >= 0.3 is 0 Å². The van der Waals surface area contributed by atoms with Gasteiger partial charge in [0.05, 0.1) is 6.54 Å². The Morgan fingerprint density at radius 1 is 1.07 bits per heavy atom. The number of rotatable bonds is 6. The topological polar surface area (TPSA) is 42.9 Å². The van der Waals surface area contributed by atoms with Crippen LogP contribution in [0.2, 0.25) is 0 Å². The molecule has 0 aromatic carbocycles. The van der Waals surface area contributed by atoms with Crippen LogP contribution in [0.4, 0.5) is 0 Å². The molecule has 152 valence electrons. The van der Waals surface area contributed by atoms with E-state index in [1.807, 2.05) is 18.4 Å². The normalized spacial score (nSPS) is 22.0. The fourth-order valence-electron chi connectivity index (χ4n) is 4.35. The smallest absolute Gasteiger partial charge is 0.191 e. The second-order valence-corrected chi connectivity index (χ2v) is 9.33. The average Bonchev–Trinajstić information content (AvgIpc) is 3.18. The van der Waals surface area contributed by atoms with E-state index in [-0.39, 0.29) is 5.54 Å². The van der Waals surface area contributed by atoms with E-state index in [4.69, 9.17) is 0 Å². The maximum absolute atomic E-state index is 4.48. The molecular weight excluding hydrogens is 354 g/mol. The van der Waals surface area contributed by atoms with Crippen molar-refractivity contribution in [2.24, 2.45) is 4.99 Å². The summed E-state index contributed by atoms with van der Waals surface area (Å²) in [7, 11) is 4.13. The highest BCUT2D eigenvalue weighted by Gasteiger charge is 2.39. The third kappa shape index (κ3) is 5.46. The Bertz CT molecular complexity index is 597. The molecule has 0 spiro atoms. The van der Waals surface area contributed by atoms with Crippen LogP contribution in [0.15, 0.2) is 17.1 Å². The summed E-state index contributed by atoms with van der Waals surface area (Å²) < 4.78 is 0. The molecule has 0 aliphatic carbocycles. The quantitative estimate of drug-likeness (QED) is 0.578. The fraction of sp³-hybridized carbons (Fsp3) is 0.762. The molecule has 1 aromatic heterocycles.